The highest BCUT2D eigenvalue weighted by Gasteiger charge is 2.46. The number of rotatable bonds is 7. The fourth-order valence-corrected chi connectivity index (χ4v) is 5.26. The molecule has 4 heterocycles. The molecule has 1 aliphatic rings. The average molecular weight is 635 g/mol. The number of carbonyl (C=O) groups excluding carboxylic acids is 2. The summed E-state index contributed by atoms with van der Waals surface area (Å²) in [5, 5.41) is 2.27. The van der Waals surface area contributed by atoms with Crippen LogP contribution in [-0.4, -0.2) is 75.9 Å². The molecule has 11 nitrogen and oxygen atoms in total. The third-order valence-corrected chi connectivity index (χ3v) is 7.38. The Hall–Kier alpha value is -4.86. The van der Waals surface area contributed by atoms with Gasteiger partial charge in [-0.05, 0) is 31.2 Å². The van der Waals surface area contributed by atoms with Crippen molar-refractivity contribution in [3.63, 3.8) is 0 Å². The fraction of sp³-hybridized carbons (Fsp3) is 0.345. The quantitative estimate of drug-likeness (QED) is 0.244. The Kier molecular flexibility index (Phi) is 8.60. The molecular weight excluding hydrogens is 607 g/mol. The normalized spacial score (nSPS) is 16.1. The summed E-state index contributed by atoms with van der Waals surface area (Å²) in [6, 6.07) is 0.833. The third-order valence-electron chi connectivity index (χ3n) is 7.38. The summed E-state index contributed by atoms with van der Waals surface area (Å²) >= 11 is 0. The second kappa shape index (κ2) is 12.3. The molecular formula is C29H27F5N6O5. The van der Waals surface area contributed by atoms with Crippen molar-refractivity contribution in [1.29, 1.82) is 0 Å². The highest BCUT2D eigenvalue weighted by atomic mass is 19.4. The molecule has 16 heteroatoms. The number of alkyl halides is 3. The highest BCUT2D eigenvalue weighted by Crippen LogP contribution is 2.33. The molecule has 4 aromatic rings. The number of pyridine rings is 1. The van der Waals surface area contributed by atoms with Crippen molar-refractivity contribution in [3.05, 3.63) is 81.8 Å². The second-order valence-electron chi connectivity index (χ2n) is 10.4. The van der Waals surface area contributed by atoms with Crippen LogP contribution in [-0.2, 0) is 27.7 Å². The van der Waals surface area contributed by atoms with Crippen LogP contribution in [0.5, 0.6) is 0 Å². The SMILES string of the molecule is COC(=O)[C@H](Cc1ccc(-c2nc(C)cn(C)c2=O)c2nccn12)NC(=O)c1c(F)cc(N2CCOC[C@@H]2C(F)(F)F)cc1F. The predicted octanol–water partition coefficient (Wildman–Crippen LogP) is 2.96. The van der Waals surface area contributed by atoms with Gasteiger partial charge in [-0.3, -0.25) is 9.59 Å². The lowest BCUT2D eigenvalue weighted by Crippen LogP contribution is -2.53. The lowest BCUT2D eigenvalue weighted by atomic mass is 10.1. The van der Waals surface area contributed by atoms with E-state index in [9.17, 15) is 27.6 Å². The van der Waals surface area contributed by atoms with Crippen LogP contribution in [0.3, 0.4) is 0 Å². The Morgan fingerprint density at radius 2 is 1.91 bits per heavy atom. The number of aromatic nitrogens is 4. The van der Waals surface area contributed by atoms with E-state index < -0.39 is 59.6 Å². The Morgan fingerprint density at radius 3 is 2.58 bits per heavy atom. The lowest BCUT2D eigenvalue weighted by molar-refractivity contribution is -0.167. The van der Waals surface area contributed by atoms with Crippen molar-refractivity contribution < 1.29 is 41.0 Å². The smallest absolute Gasteiger partial charge is 0.411 e. The van der Waals surface area contributed by atoms with Gasteiger partial charge in [0, 0.05) is 55.5 Å². The van der Waals surface area contributed by atoms with Crippen molar-refractivity contribution in [2.24, 2.45) is 7.05 Å². The van der Waals surface area contributed by atoms with E-state index in [0.29, 0.717) is 34.7 Å². The molecule has 3 aromatic heterocycles. The molecule has 1 aromatic carbocycles. The first-order valence-electron chi connectivity index (χ1n) is 13.6. The van der Waals surface area contributed by atoms with E-state index >= 15 is 8.78 Å². The largest absolute Gasteiger partial charge is 0.467 e. The number of amides is 1. The van der Waals surface area contributed by atoms with E-state index in [4.69, 9.17) is 9.47 Å². The topological polar surface area (TPSA) is 120 Å². The van der Waals surface area contributed by atoms with E-state index in [-0.39, 0.29) is 30.8 Å². The van der Waals surface area contributed by atoms with Crippen molar-refractivity contribution in [3.8, 4) is 11.3 Å². The van der Waals surface area contributed by atoms with Crippen LogP contribution < -0.4 is 15.8 Å². The average Bonchev–Trinajstić information content (AvgIpc) is 3.48. The number of anilines is 1. The van der Waals surface area contributed by atoms with Gasteiger partial charge in [0.15, 0.2) is 0 Å². The molecule has 0 unspecified atom stereocenters. The summed E-state index contributed by atoms with van der Waals surface area (Å²) in [4.78, 5) is 48.0. The minimum absolute atomic E-state index is 0.0951. The summed E-state index contributed by atoms with van der Waals surface area (Å²) in [7, 11) is 2.65. The zero-order valence-electron chi connectivity index (χ0n) is 24.2. The Bertz CT molecular complexity index is 1820. The molecule has 5 rings (SSSR count). The van der Waals surface area contributed by atoms with Gasteiger partial charge in [0.2, 0.25) is 0 Å². The minimum Gasteiger partial charge on any atom is -0.467 e. The first-order chi connectivity index (χ1) is 21.3. The molecule has 0 saturated carbocycles. The summed E-state index contributed by atoms with van der Waals surface area (Å²) in [5.74, 6) is -5.11. The number of halogens is 5. The second-order valence-corrected chi connectivity index (χ2v) is 10.4. The van der Waals surface area contributed by atoms with Gasteiger partial charge in [-0.25, -0.2) is 23.5 Å². The van der Waals surface area contributed by atoms with Gasteiger partial charge in [-0.2, -0.15) is 13.2 Å². The maximum absolute atomic E-state index is 15.2. The van der Waals surface area contributed by atoms with E-state index in [1.54, 1.807) is 42.9 Å². The van der Waals surface area contributed by atoms with Crippen molar-refractivity contribution in [2.75, 3.05) is 31.8 Å². The van der Waals surface area contributed by atoms with E-state index in [0.717, 1.165) is 12.0 Å². The molecule has 1 aliphatic heterocycles. The van der Waals surface area contributed by atoms with E-state index in [2.05, 4.69) is 15.3 Å². The molecule has 45 heavy (non-hydrogen) atoms. The van der Waals surface area contributed by atoms with Crippen LogP contribution >= 0.6 is 0 Å². The lowest BCUT2D eigenvalue weighted by Gasteiger charge is -2.38. The van der Waals surface area contributed by atoms with Gasteiger partial charge in [0.25, 0.3) is 11.5 Å². The van der Waals surface area contributed by atoms with Crippen molar-refractivity contribution >= 4 is 23.2 Å². The van der Waals surface area contributed by atoms with Gasteiger partial charge in [0.1, 0.15) is 40.6 Å². The number of methoxy groups -OCH3 is 1. The number of nitrogens with zero attached hydrogens (tertiary/aromatic N) is 5. The molecule has 238 valence electrons. The number of carbonyl (C=O) groups is 2. The zero-order valence-corrected chi connectivity index (χ0v) is 24.2. The number of hydrogen-bond acceptors (Lipinski definition) is 8. The molecule has 2 atom stereocenters. The van der Waals surface area contributed by atoms with Crippen LogP contribution in [0.15, 0.2) is 47.7 Å². The standard InChI is InChI=1S/C29H27F5N6O5/c1-15-13-38(2)27(42)24(36-15)18-5-4-16(40-7-6-35-25(18)40)12-21(28(43)44-3)37-26(41)23-19(30)10-17(11-20(23)31)39-8-9-45-14-22(39)29(32,33)34/h4-7,10-11,13,21-22H,8-9,12,14H2,1-3H3,(H,37,41)/t21-,22+/m0/s1. The fourth-order valence-electron chi connectivity index (χ4n) is 5.26. The Balaban J connectivity index is 1.43. The van der Waals surface area contributed by atoms with Gasteiger partial charge in [-0.15, -0.1) is 0 Å². The summed E-state index contributed by atoms with van der Waals surface area (Å²) in [6.45, 7) is 0.626. The number of aryl methyl sites for hydroxylation is 2. The number of benzene rings is 1. The van der Waals surface area contributed by atoms with Crippen molar-refractivity contribution in [2.45, 2.75) is 31.6 Å². The Morgan fingerprint density at radius 1 is 1.20 bits per heavy atom. The van der Waals surface area contributed by atoms with Crippen LogP contribution in [0, 0.1) is 18.6 Å². The molecule has 0 aliphatic carbocycles. The van der Waals surface area contributed by atoms with Gasteiger partial charge in [0.05, 0.1) is 26.0 Å². The highest BCUT2D eigenvalue weighted by molar-refractivity contribution is 5.97. The van der Waals surface area contributed by atoms with Crippen LogP contribution in [0.2, 0.25) is 0 Å². The van der Waals surface area contributed by atoms with Gasteiger partial charge in [-0.1, -0.05) is 0 Å². The first kappa shape index (κ1) is 31.6. The van der Waals surface area contributed by atoms with E-state index in [1.165, 1.54) is 10.8 Å². The number of hydrogen-bond donors (Lipinski definition) is 1. The first-order valence-corrected chi connectivity index (χ1v) is 13.6. The maximum atomic E-state index is 15.2. The number of ether oxygens (including phenoxy) is 2. The molecule has 1 amide bonds. The number of morpholine rings is 1. The number of nitrogens with one attached hydrogen (secondary N) is 1. The number of fused-ring (bicyclic) bond motifs is 1. The van der Waals surface area contributed by atoms with Crippen LogP contribution in [0.1, 0.15) is 21.7 Å². The van der Waals surface area contributed by atoms with E-state index in [1.807, 2.05) is 0 Å². The number of esters is 1. The Labute approximate surface area is 252 Å². The maximum Gasteiger partial charge on any atom is 0.411 e. The molecule has 0 spiro atoms. The molecule has 1 saturated heterocycles. The molecule has 1 N–H and O–H groups in total. The molecule has 0 bridgehead atoms. The van der Waals surface area contributed by atoms with Crippen LogP contribution in [0.4, 0.5) is 27.6 Å². The van der Waals surface area contributed by atoms with Gasteiger partial charge >= 0.3 is 12.1 Å². The monoisotopic (exact) mass is 634 g/mol. The summed E-state index contributed by atoms with van der Waals surface area (Å²) < 4.78 is 83.5. The molecule has 0 radical (unpaired) electrons. The third kappa shape index (κ3) is 6.22. The minimum atomic E-state index is -4.73. The zero-order chi connectivity index (χ0) is 32.6. The van der Waals surface area contributed by atoms with Crippen molar-refractivity contribution in [1.82, 2.24) is 24.3 Å². The predicted molar refractivity (Wildman–Crippen MR) is 150 cm³/mol. The van der Waals surface area contributed by atoms with Crippen LogP contribution in [0.25, 0.3) is 16.9 Å². The summed E-state index contributed by atoms with van der Waals surface area (Å²) in [5.41, 5.74) is 0.00241. The number of imidazole rings is 1. The summed E-state index contributed by atoms with van der Waals surface area (Å²) in [6.07, 6.45) is -0.371. The molecule has 1 fully saturated rings. The van der Waals surface area contributed by atoms with Gasteiger partial charge < -0.3 is 28.7 Å².